The molecular formula is C14H13BrClNO2S. The molecule has 2 rings (SSSR count). The van der Waals surface area contributed by atoms with Crippen LogP contribution in [-0.4, -0.2) is 16.6 Å². The highest BCUT2D eigenvalue weighted by Crippen LogP contribution is 2.22. The Kier molecular flexibility index (Phi) is 5.46. The number of halogens is 2. The van der Waals surface area contributed by atoms with Crippen molar-refractivity contribution in [1.82, 2.24) is 0 Å². The van der Waals surface area contributed by atoms with Crippen molar-refractivity contribution >= 4 is 44.0 Å². The Morgan fingerprint density at radius 3 is 2.55 bits per heavy atom. The Morgan fingerprint density at radius 1 is 1.20 bits per heavy atom. The topological polar surface area (TPSA) is 52.3 Å². The predicted octanol–water partition coefficient (Wildman–Crippen LogP) is 3.87. The van der Waals surface area contributed by atoms with Crippen LogP contribution in [0, 0.1) is 0 Å². The molecule has 0 aliphatic heterocycles. The first-order valence-corrected chi connectivity index (χ1v) is 8.37. The van der Waals surface area contributed by atoms with Crippen molar-refractivity contribution in [3.63, 3.8) is 0 Å². The van der Waals surface area contributed by atoms with Gasteiger partial charge in [-0.25, -0.2) is 0 Å². The fourth-order valence-electron chi connectivity index (χ4n) is 1.58. The molecule has 0 saturated heterocycles. The maximum atomic E-state index is 12.1. The Hall–Kier alpha value is -1.04. The number of nitrogens with two attached hydrogens (primary N) is 1. The third kappa shape index (κ3) is 4.23. The summed E-state index contributed by atoms with van der Waals surface area (Å²) in [5.74, 6) is 1.12. The lowest BCUT2D eigenvalue weighted by Crippen LogP contribution is -2.09. The lowest BCUT2D eigenvalue weighted by molar-refractivity contribution is 0.342. The SMILES string of the molecule is Nc1ccc(S(=O)CCOc2ccc(Br)cc2)c(Cl)c1. The van der Waals surface area contributed by atoms with Crippen molar-refractivity contribution in [1.29, 1.82) is 0 Å². The molecule has 2 N–H and O–H groups in total. The van der Waals surface area contributed by atoms with Crippen LogP contribution in [0.1, 0.15) is 0 Å². The summed E-state index contributed by atoms with van der Waals surface area (Å²) in [5, 5.41) is 0.423. The summed E-state index contributed by atoms with van der Waals surface area (Å²) in [7, 11) is -1.20. The Morgan fingerprint density at radius 2 is 1.90 bits per heavy atom. The first kappa shape index (κ1) is 15.4. The number of ether oxygens (including phenoxy) is 1. The maximum absolute atomic E-state index is 12.1. The Balaban J connectivity index is 1.90. The van der Waals surface area contributed by atoms with E-state index >= 15 is 0 Å². The molecule has 0 saturated carbocycles. The molecule has 2 aromatic rings. The van der Waals surface area contributed by atoms with Crippen molar-refractivity contribution < 1.29 is 8.95 Å². The number of hydrogen-bond donors (Lipinski definition) is 1. The molecule has 20 heavy (non-hydrogen) atoms. The minimum Gasteiger partial charge on any atom is -0.493 e. The molecule has 1 atom stereocenters. The van der Waals surface area contributed by atoms with Crippen molar-refractivity contribution in [3.8, 4) is 5.75 Å². The highest BCUT2D eigenvalue weighted by atomic mass is 79.9. The third-order valence-corrected chi connectivity index (χ3v) is 4.89. The van der Waals surface area contributed by atoms with E-state index < -0.39 is 10.8 Å². The zero-order valence-electron chi connectivity index (χ0n) is 10.5. The third-order valence-electron chi connectivity index (χ3n) is 2.55. The van der Waals surface area contributed by atoms with Gasteiger partial charge in [-0.2, -0.15) is 0 Å². The number of anilines is 1. The summed E-state index contributed by atoms with van der Waals surface area (Å²) in [6.07, 6.45) is 0. The summed E-state index contributed by atoms with van der Waals surface area (Å²) in [6, 6.07) is 12.5. The molecule has 0 bridgehead atoms. The zero-order chi connectivity index (χ0) is 14.5. The van der Waals surface area contributed by atoms with E-state index in [1.165, 1.54) is 0 Å². The van der Waals surface area contributed by atoms with Gasteiger partial charge in [0, 0.05) is 10.2 Å². The molecule has 106 valence electrons. The zero-order valence-corrected chi connectivity index (χ0v) is 13.7. The van der Waals surface area contributed by atoms with Crippen LogP contribution in [0.4, 0.5) is 5.69 Å². The van der Waals surface area contributed by atoms with Gasteiger partial charge in [0.25, 0.3) is 0 Å². The van der Waals surface area contributed by atoms with Gasteiger partial charge in [-0.3, -0.25) is 4.21 Å². The predicted molar refractivity (Wildman–Crippen MR) is 86.8 cm³/mol. The van der Waals surface area contributed by atoms with Gasteiger partial charge in [0.2, 0.25) is 0 Å². The molecule has 0 aliphatic carbocycles. The van der Waals surface area contributed by atoms with E-state index in [1.807, 2.05) is 24.3 Å². The molecule has 1 unspecified atom stereocenters. The van der Waals surface area contributed by atoms with Crippen molar-refractivity contribution in [3.05, 3.63) is 52.0 Å². The average Bonchev–Trinajstić information content (AvgIpc) is 2.41. The standard InChI is InChI=1S/C14H13BrClNO2S/c15-10-1-4-12(5-2-10)19-7-8-20(18)14-6-3-11(17)9-13(14)16/h1-6,9H,7-8,17H2. The average molecular weight is 375 g/mol. The summed E-state index contributed by atoms with van der Waals surface area (Å²) in [5.41, 5.74) is 6.16. The molecule has 2 aromatic carbocycles. The molecule has 0 aromatic heterocycles. The molecule has 0 fully saturated rings. The van der Waals surface area contributed by atoms with Gasteiger partial charge in [-0.05, 0) is 42.5 Å². The number of nitrogen functional groups attached to an aromatic ring is 1. The van der Waals surface area contributed by atoms with Crippen LogP contribution in [0.3, 0.4) is 0 Å². The summed E-state index contributed by atoms with van der Waals surface area (Å²) in [6.45, 7) is 0.356. The molecule has 6 heteroatoms. The molecular weight excluding hydrogens is 362 g/mol. The Labute approximate surface area is 133 Å². The summed E-state index contributed by atoms with van der Waals surface area (Å²) >= 11 is 9.37. The van der Waals surface area contributed by atoms with Crippen LogP contribution in [0.25, 0.3) is 0 Å². The van der Waals surface area contributed by atoms with Crippen LogP contribution < -0.4 is 10.5 Å². The number of rotatable bonds is 5. The molecule has 0 radical (unpaired) electrons. The van der Waals surface area contributed by atoms with Crippen molar-refractivity contribution in [2.24, 2.45) is 0 Å². The van der Waals surface area contributed by atoms with Gasteiger partial charge in [0.1, 0.15) is 12.4 Å². The fourth-order valence-corrected chi connectivity index (χ4v) is 3.24. The van der Waals surface area contributed by atoms with Gasteiger partial charge < -0.3 is 10.5 Å². The van der Waals surface area contributed by atoms with E-state index in [1.54, 1.807) is 18.2 Å². The largest absolute Gasteiger partial charge is 0.493 e. The van der Waals surface area contributed by atoms with E-state index in [4.69, 9.17) is 22.1 Å². The monoisotopic (exact) mass is 373 g/mol. The van der Waals surface area contributed by atoms with Crippen LogP contribution in [0.5, 0.6) is 5.75 Å². The summed E-state index contributed by atoms with van der Waals surface area (Å²) in [4.78, 5) is 0.584. The first-order chi connectivity index (χ1) is 9.56. The minimum absolute atomic E-state index is 0.356. The van der Waals surface area contributed by atoms with Gasteiger partial charge in [0.15, 0.2) is 0 Å². The van der Waals surface area contributed by atoms with E-state index in [2.05, 4.69) is 15.9 Å². The highest BCUT2D eigenvalue weighted by molar-refractivity contribution is 9.10. The lowest BCUT2D eigenvalue weighted by Gasteiger charge is -2.08. The van der Waals surface area contributed by atoms with Crippen LogP contribution >= 0.6 is 27.5 Å². The number of hydrogen-bond acceptors (Lipinski definition) is 3. The molecule has 0 heterocycles. The minimum atomic E-state index is -1.20. The quantitative estimate of drug-likeness (QED) is 0.808. The van der Waals surface area contributed by atoms with Gasteiger partial charge in [0.05, 0.1) is 26.5 Å². The van der Waals surface area contributed by atoms with Gasteiger partial charge in [-0.15, -0.1) is 0 Å². The van der Waals surface area contributed by atoms with E-state index in [-0.39, 0.29) is 0 Å². The van der Waals surface area contributed by atoms with E-state index in [0.717, 1.165) is 10.2 Å². The lowest BCUT2D eigenvalue weighted by atomic mass is 10.3. The van der Waals surface area contributed by atoms with Crippen molar-refractivity contribution in [2.45, 2.75) is 4.90 Å². The molecule has 0 amide bonds. The van der Waals surface area contributed by atoms with E-state index in [0.29, 0.717) is 28.0 Å². The second kappa shape index (κ2) is 7.11. The highest BCUT2D eigenvalue weighted by Gasteiger charge is 2.09. The first-order valence-electron chi connectivity index (χ1n) is 5.88. The van der Waals surface area contributed by atoms with E-state index in [9.17, 15) is 4.21 Å². The maximum Gasteiger partial charge on any atom is 0.119 e. The molecule has 0 spiro atoms. The Bertz CT molecular complexity index is 619. The molecule has 0 aliphatic rings. The molecule has 3 nitrogen and oxygen atoms in total. The van der Waals surface area contributed by atoms with Crippen LogP contribution in [0.2, 0.25) is 5.02 Å². The fraction of sp³-hybridized carbons (Fsp3) is 0.143. The second-order valence-electron chi connectivity index (χ2n) is 4.04. The van der Waals surface area contributed by atoms with Crippen LogP contribution in [-0.2, 0) is 10.8 Å². The van der Waals surface area contributed by atoms with Crippen LogP contribution in [0.15, 0.2) is 51.8 Å². The summed E-state index contributed by atoms with van der Waals surface area (Å²) < 4.78 is 18.6. The van der Waals surface area contributed by atoms with Gasteiger partial charge >= 0.3 is 0 Å². The number of benzene rings is 2. The van der Waals surface area contributed by atoms with Crippen molar-refractivity contribution in [2.75, 3.05) is 18.1 Å². The second-order valence-corrected chi connectivity index (χ2v) is 6.90. The normalized spacial score (nSPS) is 12.1. The smallest absolute Gasteiger partial charge is 0.119 e. The van der Waals surface area contributed by atoms with Gasteiger partial charge in [-0.1, -0.05) is 27.5 Å².